The number of nitrogens with zero attached hydrogens (tertiary/aromatic N) is 1. The highest BCUT2D eigenvalue weighted by Crippen LogP contribution is 2.26. The van der Waals surface area contributed by atoms with Crippen LogP contribution in [-0.4, -0.2) is 37.1 Å². The van der Waals surface area contributed by atoms with Crippen LogP contribution in [0.3, 0.4) is 0 Å². The molecule has 5 heteroatoms. The van der Waals surface area contributed by atoms with E-state index in [1.54, 1.807) is 18.4 Å². The largest absolute Gasteiger partial charge is 0.383 e. The van der Waals surface area contributed by atoms with Crippen molar-refractivity contribution in [1.29, 1.82) is 0 Å². The number of hydrogen-bond donors (Lipinski definition) is 1. The van der Waals surface area contributed by atoms with Gasteiger partial charge in [-0.2, -0.15) is 11.3 Å². The van der Waals surface area contributed by atoms with Crippen molar-refractivity contribution < 1.29 is 9.53 Å². The summed E-state index contributed by atoms with van der Waals surface area (Å²) in [7, 11) is 1.65. The van der Waals surface area contributed by atoms with E-state index in [0.717, 1.165) is 5.56 Å². The summed E-state index contributed by atoms with van der Waals surface area (Å²) in [6.07, 6.45) is 0.00361. The second-order valence-corrected chi connectivity index (χ2v) is 4.65. The van der Waals surface area contributed by atoms with Crippen molar-refractivity contribution in [1.82, 2.24) is 10.2 Å². The summed E-state index contributed by atoms with van der Waals surface area (Å²) < 4.78 is 5.03. The molecule has 0 saturated carbocycles. The fourth-order valence-electron chi connectivity index (χ4n) is 1.91. The van der Waals surface area contributed by atoms with Gasteiger partial charge in [-0.15, -0.1) is 0 Å². The SMILES string of the molecule is COCCN1C(=O)C(C)NC1c1ccsc1. The van der Waals surface area contributed by atoms with E-state index in [1.165, 1.54) is 0 Å². The maximum Gasteiger partial charge on any atom is 0.241 e. The summed E-state index contributed by atoms with van der Waals surface area (Å²) in [5.74, 6) is 0.147. The Balaban J connectivity index is 2.13. The number of methoxy groups -OCH3 is 1. The van der Waals surface area contributed by atoms with Crippen molar-refractivity contribution in [3.05, 3.63) is 22.4 Å². The van der Waals surface area contributed by atoms with E-state index in [9.17, 15) is 4.79 Å². The van der Waals surface area contributed by atoms with E-state index in [-0.39, 0.29) is 18.1 Å². The van der Waals surface area contributed by atoms with Crippen LogP contribution < -0.4 is 5.32 Å². The smallest absolute Gasteiger partial charge is 0.241 e. The first-order valence-corrected chi connectivity index (χ1v) is 6.26. The molecule has 1 aliphatic heterocycles. The maximum absolute atomic E-state index is 11.9. The third kappa shape index (κ3) is 2.11. The Morgan fingerprint density at radius 2 is 2.44 bits per heavy atom. The minimum atomic E-state index is -0.109. The van der Waals surface area contributed by atoms with Crippen LogP contribution in [0, 0.1) is 0 Å². The van der Waals surface area contributed by atoms with Crippen molar-refractivity contribution in [3.63, 3.8) is 0 Å². The van der Waals surface area contributed by atoms with E-state index in [2.05, 4.69) is 10.7 Å². The number of hydrogen-bond acceptors (Lipinski definition) is 4. The van der Waals surface area contributed by atoms with Crippen LogP contribution in [0.15, 0.2) is 16.8 Å². The number of amides is 1. The van der Waals surface area contributed by atoms with Gasteiger partial charge in [-0.3, -0.25) is 10.1 Å². The average Bonchev–Trinajstić information content (AvgIpc) is 2.87. The molecule has 2 unspecified atom stereocenters. The number of thiophene rings is 1. The summed E-state index contributed by atoms with van der Waals surface area (Å²) in [4.78, 5) is 13.8. The van der Waals surface area contributed by atoms with Gasteiger partial charge in [0.15, 0.2) is 0 Å². The van der Waals surface area contributed by atoms with E-state index in [1.807, 2.05) is 23.3 Å². The third-order valence-electron chi connectivity index (χ3n) is 2.77. The predicted molar refractivity (Wildman–Crippen MR) is 63.2 cm³/mol. The topological polar surface area (TPSA) is 41.6 Å². The minimum Gasteiger partial charge on any atom is -0.383 e. The zero-order valence-corrected chi connectivity index (χ0v) is 10.3. The van der Waals surface area contributed by atoms with Gasteiger partial charge in [-0.25, -0.2) is 0 Å². The van der Waals surface area contributed by atoms with Crippen LogP contribution in [0.25, 0.3) is 0 Å². The molecule has 88 valence electrons. The van der Waals surface area contributed by atoms with Crippen molar-refractivity contribution >= 4 is 17.2 Å². The van der Waals surface area contributed by atoms with Crippen LogP contribution >= 0.6 is 11.3 Å². The van der Waals surface area contributed by atoms with Gasteiger partial charge in [0.2, 0.25) is 5.91 Å². The van der Waals surface area contributed by atoms with Crippen LogP contribution in [0.2, 0.25) is 0 Å². The van der Waals surface area contributed by atoms with Crippen LogP contribution in [0.1, 0.15) is 18.7 Å². The number of rotatable bonds is 4. The quantitative estimate of drug-likeness (QED) is 0.860. The van der Waals surface area contributed by atoms with Crippen molar-refractivity contribution in [2.45, 2.75) is 19.1 Å². The average molecular weight is 240 g/mol. The summed E-state index contributed by atoms with van der Waals surface area (Å²) in [6.45, 7) is 3.10. The molecule has 2 atom stereocenters. The Kier molecular flexibility index (Phi) is 3.58. The van der Waals surface area contributed by atoms with Gasteiger partial charge >= 0.3 is 0 Å². The number of ether oxygens (including phenoxy) is 1. The number of nitrogens with one attached hydrogen (secondary N) is 1. The van der Waals surface area contributed by atoms with Gasteiger partial charge in [0.05, 0.1) is 12.6 Å². The molecule has 1 amide bonds. The highest BCUT2D eigenvalue weighted by Gasteiger charge is 2.36. The van der Waals surface area contributed by atoms with Gasteiger partial charge in [-0.05, 0) is 29.3 Å². The molecule has 1 N–H and O–H groups in total. The van der Waals surface area contributed by atoms with E-state index < -0.39 is 0 Å². The van der Waals surface area contributed by atoms with Gasteiger partial charge in [0.1, 0.15) is 6.17 Å². The highest BCUT2D eigenvalue weighted by atomic mass is 32.1. The highest BCUT2D eigenvalue weighted by molar-refractivity contribution is 7.07. The standard InChI is InChI=1S/C11H16N2O2S/c1-8-11(14)13(4-5-15-2)10(12-8)9-3-6-16-7-9/h3,6-8,10,12H,4-5H2,1-2H3. The Hall–Kier alpha value is -0.910. The Bertz CT molecular complexity index is 353. The minimum absolute atomic E-state index is 0.00361. The predicted octanol–water partition coefficient (Wildman–Crippen LogP) is 1.21. The molecule has 4 nitrogen and oxygen atoms in total. The summed E-state index contributed by atoms with van der Waals surface area (Å²) in [5, 5.41) is 7.39. The summed E-state index contributed by atoms with van der Waals surface area (Å²) in [6, 6.07) is 1.94. The molecule has 0 bridgehead atoms. The first-order chi connectivity index (χ1) is 7.74. The van der Waals surface area contributed by atoms with E-state index >= 15 is 0 Å². The lowest BCUT2D eigenvalue weighted by atomic mass is 10.2. The molecule has 0 spiro atoms. The Morgan fingerprint density at radius 3 is 3.06 bits per heavy atom. The monoisotopic (exact) mass is 240 g/mol. The third-order valence-corrected chi connectivity index (χ3v) is 3.47. The molecule has 1 aromatic rings. The Labute approximate surface area is 99.2 Å². The molecular formula is C11H16N2O2S. The normalized spacial score (nSPS) is 25.4. The molecule has 1 aromatic heterocycles. The number of carbonyl (C=O) groups excluding carboxylic acids is 1. The molecule has 1 saturated heterocycles. The van der Waals surface area contributed by atoms with Crippen LogP contribution in [-0.2, 0) is 9.53 Å². The Morgan fingerprint density at radius 1 is 1.62 bits per heavy atom. The molecule has 0 aliphatic carbocycles. The molecule has 16 heavy (non-hydrogen) atoms. The first kappa shape index (κ1) is 11.6. The zero-order valence-electron chi connectivity index (χ0n) is 9.47. The summed E-state index contributed by atoms with van der Waals surface area (Å²) in [5.41, 5.74) is 1.15. The van der Waals surface area contributed by atoms with Crippen molar-refractivity contribution in [2.75, 3.05) is 20.3 Å². The lowest BCUT2D eigenvalue weighted by molar-refractivity contribution is -0.130. The van der Waals surface area contributed by atoms with Crippen LogP contribution in [0.5, 0.6) is 0 Å². The molecular weight excluding hydrogens is 224 g/mol. The number of carbonyl (C=O) groups is 1. The lowest BCUT2D eigenvalue weighted by Crippen LogP contribution is -2.33. The fraction of sp³-hybridized carbons (Fsp3) is 0.545. The molecule has 1 aliphatic rings. The molecule has 0 radical (unpaired) electrons. The molecule has 2 rings (SSSR count). The second kappa shape index (κ2) is 4.95. The lowest BCUT2D eigenvalue weighted by Gasteiger charge is -2.23. The van der Waals surface area contributed by atoms with Gasteiger partial charge < -0.3 is 9.64 Å². The van der Waals surface area contributed by atoms with Crippen LogP contribution in [0.4, 0.5) is 0 Å². The van der Waals surface area contributed by atoms with Gasteiger partial charge in [-0.1, -0.05) is 0 Å². The van der Waals surface area contributed by atoms with Crippen molar-refractivity contribution in [3.8, 4) is 0 Å². The first-order valence-electron chi connectivity index (χ1n) is 5.31. The fourth-order valence-corrected chi connectivity index (χ4v) is 2.59. The molecule has 1 fully saturated rings. The molecule has 2 heterocycles. The second-order valence-electron chi connectivity index (χ2n) is 3.87. The van der Waals surface area contributed by atoms with E-state index in [0.29, 0.717) is 13.2 Å². The van der Waals surface area contributed by atoms with Gasteiger partial charge in [0, 0.05) is 13.7 Å². The zero-order chi connectivity index (χ0) is 11.5. The van der Waals surface area contributed by atoms with Gasteiger partial charge in [0.25, 0.3) is 0 Å². The summed E-state index contributed by atoms with van der Waals surface area (Å²) >= 11 is 1.65. The maximum atomic E-state index is 11.9. The van der Waals surface area contributed by atoms with Crippen molar-refractivity contribution in [2.24, 2.45) is 0 Å². The molecule has 0 aromatic carbocycles. The van der Waals surface area contributed by atoms with E-state index in [4.69, 9.17) is 4.74 Å².